The molecule has 576 valence electrons. The summed E-state index contributed by atoms with van der Waals surface area (Å²) in [4.78, 5) is 81.0. The highest BCUT2D eigenvalue weighted by Gasteiger charge is 2.23. The van der Waals surface area contributed by atoms with Gasteiger partial charge in [-0.3, -0.25) is 0 Å². The van der Waals surface area contributed by atoms with Crippen LogP contribution in [0.1, 0.15) is 0 Å². The average molecular weight is 1630 g/mol. The molecule has 0 radical (unpaired) electrons. The molecule has 0 spiro atoms. The normalized spacial score (nSPS) is 11.4. The predicted molar refractivity (Wildman–Crippen MR) is 500 cm³/mol. The van der Waals surface area contributed by atoms with Crippen LogP contribution in [-0.2, 0) is 0 Å². The Morgan fingerprint density at radius 1 is 0.171 bits per heavy atom. The fourth-order valence-electron chi connectivity index (χ4n) is 15.2. The summed E-state index contributed by atoms with van der Waals surface area (Å²) in [7, 11) is 0. The molecule has 10 aromatic heterocycles. The highest BCUT2D eigenvalue weighted by molar-refractivity contribution is 7.26. The van der Waals surface area contributed by atoms with E-state index < -0.39 is 0 Å². The molecule has 19 heteroatoms. The standard InChI is InChI=1S/2C35H21N5S.C34H20N6S/c1-3-9-22(10-4-1)23-15-17-25(18-16-23)33-38-32(24-11-5-2-6-12-24)39-34(40-33)26-19-20-27-30(21-26)41-35-31(27)36-28-13-7-8-14-29(28)37-35;1-3-9-22(10-4-1)23-15-17-25(18-16-23)33-38-32(24-11-5-2-6-12-24)39-34(40-33)26-19-20-28-29(21-26)36-31-27-13-7-8-14-30(27)41-35(31)37-28;1-3-9-21(10-4-1)22-15-17-24(18-16-22)32-38-31(23-11-5-2-6-12-23)39-33(40-32)29-30-28(35-20-36-29)26-19-25-13-7-8-14-27(25)37-34(26)41-30/h2*1-21H;1-20H. The van der Waals surface area contributed by atoms with Crippen molar-refractivity contribution >= 4 is 128 Å². The third-order valence-corrected chi connectivity index (χ3v) is 24.6. The number of benzene rings is 14. The summed E-state index contributed by atoms with van der Waals surface area (Å²) in [5.74, 6) is 5.45. The summed E-state index contributed by atoms with van der Waals surface area (Å²) < 4.78 is 3.19. The fourth-order valence-corrected chi connectivity index (χ4v) is 18.4. The largest absolute Gasteiger partial charge is 0.243 e. The SMILES string of the molecule is c1ccc(-c2ccc(-c3nc(-c4ccccc4)nc(-c4ccc5c(c4)sc4nc6ccccc6nc45)n3)cc2)cc1.c1ccc(-c2ccc(-c3nc(-c4ccccc4)nc(-c4ccc5nc6sc7ccccc7c6nc5c4)n3)cc2)cc1.c1ccc(-c2ccc(-c3nc(-c4ccccc4)nc(-c4ncnc5c4sc4nc6ccccc6cc45)n3)cc2)cc1. The van der Waals surface area contributed by atoms with E-state index >= 15 is 0 Å². The van der Waals surface area contributed by atoms with Gasteiger partial charge in [0, 0.05) is 75.5 Å². The highest BCUT2D eigenvalue weighted by Crippen LogP contribution is 2.41. The number of hydrogen-bond donors (Lipinski definition) is 0. The summed E-state index contributed by atoms with van der Waals surface area (Å²) in [6, 6.07) is 125. The molecule has 0 N–H and O–H groups in total. The number of aromatic nitrogens is 16. The number of thiophene rings is 3. The maximum Gasteiger partial charge on any atom is 0.184 e. The highest BCUT2D eigenvalue weighted by atomic mass is 32.1. The number of fused-ring (bicyclic) bond motifs is 12. The Morgan fingerprint density at radius 2 is 0.496 bits per heavy atom. The van der Waals surface area contributed by atoms with Crippen molar-refractivity contribution in [2.75, 3.05) is 0 Å². The van der Waals surface area contributed by atoms with E-state index in [0.717, 1.165) is 156 Å². The zero-order valence-corrected chi connectivity index (χ0v) is 67.6. The molecule has 0 aliphatic carbocycles. The second-order valence-corrected chi connectivity index (χ2v) is 32.3. The molecule has 16 nitrogen and oxygen atoms in total. The van der Waals surface area contributed by atoms with E-state index in [2.05, 4.69) is 174 Å². The Kier molecular flexibility index (Phi) is 19.1. The lowest BCUT2D eigenvalue weighted by atomic mass is 10.0. The van der Waals surface area contributed by atoms with Gasteiger partial charge in [-0.2, -0.15) is 0 Å². The number of para-hydroxylation sites is 3. The number of rotatable bonds is 12. The van der Waals surface area contributed by atoms with Crippen molar-refractivity contribution < 1.29 is 0 Å². The first kappa shape index (κ1) is 73.3. The van der Waals surface area contributed by atoms with Crippen LogP contribution >= 0.6 is 34.0 Å². The maximum atomic E-state index is 5.03. The van der Waals surface area contributed by atoms with Gasteiger partial charge in [0.25, 0.3) is 0 Å². The molecule has 0 aliphatic rings. The van der Waals surface area contributed by atoms with E-state index in [1.807, 2.05) is 206 Å². The number of pyridine rings is 1. The topological polar surface area (TPSA) is 206 Å². The van der Waals surface area contributed by atoms with Crippen LogP contribution in [-0.4, -0.2) is 79.7 Å². The minimum Gasteiger partial charge on any atom is -0.243 e. The van der Waals surface area contributed by atoms with Crippen molar-refractivity contribution in [1.82, 2.24) is 79.7 Å². The number of hydrogen-bond acceptors (Lipinski definition) is 19. The van der Waals surface area contributed by atoms with E-state index in [1.165, 1.54) is 15.8 Å². The molecule has 0 atom stereocenters. The summed E-state index contributed by atoms with van der Waals surface area (Å²) in [5, 5.41) is 4.29. The second-order valence-electron chi connectivity index (χ2n) is 29.2. The fraction of sp³-hybridized carbons (Fsp3) is 0. The molecule has 0 bridgehead atoms. The molecule has 0 aliphatic heterocycles. The molecule has 0 unspecified atom stereocenters. The van der Waals surface area contributed by atoms with Crippen molar-refractivity contribution in [3.05, 3.63) is 376 Å². The van der Waals surface area contributed by atoms with Gasteiger partial charge in [0.05, 0.1) is 37.8 Å². The molecule has 0 saturated heterocycles. The van der Waals surface area contributed by atoms with Crippen molar-refractivity contribution in [2.45, 2.75) is 0 Å². The van der Waals surface area contributed by atoms with Crippen molar-refractivity contribution in [3.63, 3.8) is 0 Å². The van der Waals surface area contributed by atoms with Gasteiger partial charge < -0.3 is 0 Å². The molecule has 10 heterocycles. The van der Waals surface area contributed by atoms with Gasteiger partial charge in [-0.1, -0.05) is 315 Å². The molecule has 0 saturated carbocycles. The van der Waals surface area contributed by atoms with E-state index in [9.17, 15) is 0 Å². The predicted octanol–water partition coefficient (Wildman–Crippen LogP) is 25.9. The Balaban J connectivity index is 0.000000110. The van der Waals surface area contributed by atoms with Crippen LogP contribution in [0.2, 0.25) is 0 Å². The van der Waals surface area contributed by atoms with Crippen molar-refractivity contribution in [2.24, 2.45) is 0 Å². The van der Waals surface area contributed by atoms with E-state index in [0.29, 0.717) is 58.1 Å². The Bertz CT molecular complexity index is 8090. The average Bonchev–Trinajstić information content (AvgIpc) is 1.69. The van der Waals surface area contributed by atoms with Crippen LogP contribution in [0.3, 0.4) is 0 Å². The van der Waals surface area contributed by atoms with E-state index in [4.69, 9.17) is 69.8 Å². The van der Waals surface area contributed by atoms with Gasteiger partial charge in [0.2, 0.25) is 0 Å². The van der Waals surface area contributed by atoms with Gasteiger partial charge in [-0.05, 0) is 88.0 Å². The minimum absolute atomic E-state index is 0.504. The first-order valence-electron chi connectivity index (χ1n) is 39.9. The maximum absolute atomic E-state index is 5.03. The third kappa shape index (κ3) is 14.7. The summed E-state index contributed by atoms with van der Waals surface area (Å²) in [6.07, 6.45) is 1.58. The molecule has 14 aromatic carbocycles. The molecule has 123 heavy (non-hydrogen) atoms. The molecular weight excluding hydrogens is 1570 g/mol. The van der Waals surface area contributed by atoms with Crippen molar-refractivity contribution in [3.8, 4) is 136 Å². The van der Waals surface area contributed by atoms with Crippen LogP contribution in [0.15, 0.2) is 376 Å². The molecule has 24 aromatic rings. The lowest BCUT2D eigenvalue weighted by Gasteiger charge is -2.09. The van der Waals surface area contributed by atoms with Gasteiger partial charge in [-0.25, -0.2) is 79.7 Å². The third-order valence-electron chi connectivity index (χ3n) is 21.4. The van der Waals surface area contributed by atoms with E-state index in [-0.39, 0.29) is 0 Å². The summed E-state index contributed by atoms with van der Waals surface area (Å²) >= 11 is 4.87. The molecule has 0 fully saturated rings. The first-order chi connectivity index (χ1) is 60.9. The Labute approximate surface area is 715 Å². The van der Waals surface area contributed by atoms with Gasteiger partial charge in [0.15, 0.2) is 52.4 Å². The quantitative estimate of drug-likeness (QED) is 0.111. The van der Waals surface area contributed by atoms with Crippen LogP contribution in [0, 0.1) is 0 Å². The summed E-state index contributed by atoms with van der Waals surface area (Å²) in [6.45, 7) is 0. The Hall–Kier alpha value is -16.1. The Morgan fingerprint density at radius 3 is 0.984 bits per heavy atom. The van der Waals surface area contributed by atoms with Gasteiger partial charge >= 0.3 is 0 Å². The molecule has 0 amide bonds. The summed E-state index contributed by atoms with van der Waals surface area (Å²) in [5.41, 5.74) is 22.1. The van der Waals surface area contributed by atoms with Crippen LogP contribution in [0.4, 0.5) is 0 Å². The van der Waals surface area contributed by atoms with Crippen LogP contribution in [0.25, 0.3) is 230 Å². The second kappa shape index (κ2) is 32.0. The number of nitrogens with zero attached hydrogens (tertiary/aromatic N) is 16. The lowest BCUT2D eigenvalue weighted by Crippen LogP contribution is -2.01. The van der Waals surface area contributed by atoms with Gasteiger partial charge in [-0.15, -0.1) is 34.0 Å². The van der Waals surface area contributed by atoms with Crippen LogP contribution < -0.4 is 0 Å². The van der Waals surface area contributed by atoms with E-state index in [1.54, 1.807) is 40.3 Å². The lowest BCUT2D eigenvalue weighted by molar-refractivity contribution is 1.06. The van der Waals surface area contributed by atoms with Crippen LogP contribution in [0.5, 0.6) is 0 Å². The first-order valence-corrected chi connectivity index (χ1v) is 42.4. The minimum atomic E-state index is 0.504. The molecular formula is C104H62N16S3. The van der Waals surface area contributed by atoms with Gasteiger partial charge in [0.1, 0.15) is 37.5 Å². The smallest absolute Gasteiger partial charge is 0.184 e. The zero-order valence-electron chi connectivity index (χ0n) is 65.2. The zero-order chi connectivity index (χ0) is 81.5. The van der Waals surface area contributed by atoms with Crippen molar-refractivity contribution in [1.29, 1.82) is 0 Å². The monoisotopic (exact) mass is 1630 g/mol. The molecule has 24 rings (SSSR count).